The van der Waals surface area contributed by atoms with Crippen molar-refractivity contribution in [3.8, 4) is 0 Å². The number of nitrogens with one attached hydrogen (secondary N) is 1. The van der Waals surface area contributed by atoms with Crippen molar-refractivity contribution in [3.63, 3.8) is 0 Å². The molecule has 2 heterocycles. The Morgan fingerprint density at radius 3 is 3.08 bits per heavy atom. The zero-order valence-electron chi connectivity index (χ0n) is 6.40. The smallest absolute Gasteiger partial charge is 0.267 e. The summed E-state index contributed by atoms with van der Waals surface area (Å²) in [5.41, 5.74) is 0.318. The first kappa shape index (κ1) is 6.90. The van der Waals surface area contributed by atoms with Gasteiger partial charge in [0, 0.05) is 6.20 Å². The van der Waals surface area contributed by atoms with Gasteiger partial charge in [0.15, 0.2) is 0 Å². The van der Waals surface area contributed by atoms with E-state index in [1.165, 1.54) is 12.4 Å². The van der Waals surface area contributed by atoms with Crippen molar-refractivity contribution >= 4 is 10.9 Å². The molecular formula is C7H6N4O. The number of hydrogen-bond acceptors (Lipinski definition) is 4. The lowest BCUT2D eigenvalue weighted by molar-refractivity contribution is 0.989. The molecule has 0 fully saturated rings. The highest BCUT2D eigenvalue weighted by Crippen LogP contribution is 2.01. The standard InChI is InChI=1S/C7H6N4O/c1-4-8-2-5-6(10-4)3-9-11-7(5)12/h2-3H,1H3,(H,11,12). The van der Waals surface area contributed by atoms with Gasteiger partial charge in [0.2, 0.25) is 0 Å². The summed E-state index contributed by atoms with van der Waals surface area (Å²) in [4.78, 5) is 19.0. The van der Waals surface area contributed by atoms with E-state index in [4.69, 9.17) is 0 Å². The maximum absolute atomic E-state index is 11.1. The van der Waals surface area contributed by atoms with E-state index in [0.717, 1.165) is 0 Å². The third kappa shape index (κ3) is 0.952. The number of aromatic nitrogens is 4. The van der Waals surface area contributed by atoms with Gasteiger partial charge in [-0.15, -0.1) is 0 Å². The third-order valence-corrected chi connectivity index (χ3v) is 1.54. The van der Waals surface area contributed by atoms with Crippen molar-refractivity contribution in [1.29, 1.82) is 0 Å². The number of hydrogen-bond donors (Lipinski definition) is 1. The summed E-state index contributed by atoms with van der Waals surface area (Å²) in [5, 5.41) is 6.40. The molecular weight excluding hydrogens is 156 g/mol. The van der Waals surface area contributed by atoms with Gasteiger partial charge in [-0.25, -0.2) is 15.1 Å². The Morgan fingerprint density at radius 2 is 2.25 bits per heavy atom. The highest BCUT2D eigenvalue weighted by Gasteiger charge is 1.99. The maximum atomic E-state index is 11.1. The summed E-state index contributed by atoms with van der Waals surface area (Å²) in [6.45, 7) is 1.76. The van der Waals surface area contributed by atoms with Gasteiger partial charge in [0.1, 0.15) is 5.82 Å². The number of rotatable bonds is 0. The lowest BCUT2D eigenvalue weighted by Gasteiger charge is -1.94. The molecule has 60 valence electrons. The van der Waals surface area contributed by atoms with E-state index in [9.17, 15) is 4.79 Å². The lowest BCUT2D eigenvalue weighted by Crippen LogP contribution is -2.08. The summed E-state index contributed by atoms with van der Waals surface area (Å²) in [5.74, 6) is 0.634. The van der Waals surface area contributed by atoms with E-state index in [1.54, 1.807) is 6.92 Å². The molecule has 0 aromatic carbocycles. The summed E-state index contributed by atoms with van der Waals surface area (Å²) < 4.78 is 0. The Balaban J connectivity index is 2.96. The molecule has 0 bridgehead atoms. The van der Waals surface area contributed by atoms with Crippen LogP contribution in [0.2, 0.25) is 0 Å². The highest BCUT2D eigenvalue weighted by molar-refractivity contribution is 5.74. The van der Waals surface area contributed by atoms with Gasteiger partial charge in [0.05, 0.1) is 17.1 Å². The Kier molecular flexibility index (Phi) is 1.36. The second-order valence-electron chi connectivity index (χ2n) is 2.42. The van der Waals surface area contributed by atoms with Gasteiger partial charge < -0.3 is 0 Å². The molecule has 2 aromatic rings. The van der Waals surface area contributed by atoms with Crippen molar-refractivity contribution in [2.24, 2.45) is 0 Å². The Hall–Kier alpha value is -1.78. The zero-order chi connectivity index (χ0) is 8.55. The minimum absolute atomic E-state index is 0.257. The maximum Gasteiger partial charge on any atom is 0.275 e. The van der Waals surface area contributed by atoms with E-state index in [-0.39, 0.29) is 5.56 Å². The number of aryl methyl sites for hydroxylation is 1. The molecule has 0 aliphatic carbocycles. The van der Waals surface area contributed by atoms with Gasteiger partial charge >= 0.3 is 0 Å². The normalized spacial score (nSPS) is 10.4. The molecule has 0 atom stereocenters. The molecule has 1 N–H and O–H groups in total. The van der Waals surface area contributed by atoms with Crippen LogP contribution in [0.5, 0.6) is 0 Å². The second-order valence-corrected chi connectivity index (χ2v) is 2.42. The van der Waals surface area contributed by atoms with Gasteiger partial charge in [-0.2, -0.15) is 5.10 Å². The molecule has 0 saturated heterocycles. The van der Waals surface area contributed by atoms with Crippen molar-refractivity contribution in [2.75, 3.05) is 0 Å². The molecule has 12 heavy (non-hydrogen) atoms. The topological polar surface area (TPSA) is 71.5 Å². The second kappa shape index (κ2) is 2.37. The van der Waals surface area contributed by atoms with Crippen LogP contribution in [0, 0.1) is 6.92 Å². The van der Waals surface area contributed by atoms with Crippen LogP contribution in [0.3, 0.4) is 0 Å². The number of nitrogens with zero attached hydrogens (tertiary/aromatic N) is 3. The van der Waals surface area contributed by atoms with Gasteiger partial charge in [0.25, 0.3) is 5.56 Å². The molecule has 0 spiro atoms. The average molecular weight is 162 g/mol. The summed E-state index contributed by atoms with van der Waals surface area (Å²) >= 11 is 0. The fourth-order valence-electron chi connectivity index (χ4n) is 0.973. The van der Waals surface area contributed by atoms with Gasteiger partial charge in [-0.05, 0) is 6.92 Å². The largest absolute Gasteiger partial charge is 0.275 e. The fourth-order valence-corrected chi connectivity index (χ4v) is 0.973. The number of fused-ring (bicyclic) bond motifs is 1. The average Bonchev–Trinajstić information content (AvgIpc) is 2.04. The van der Waals surface area contributed by atoms with Crippen molar-refractivity contribution < 1.29 is 0 Å². The van der Waals surface area contributed by atoms with Crippen LogP contribution in [0.4, 0.5) is 0 Å². The first-order valence-corrected chi connectivity index (χ1v) is 3.44. The van der Waals surface area contributed by atoms with E-state index in [1.807, 2.05) is 0 Å². The molecule has 0 aliphatic heterocycles. The first-order chi connectivity index (χ1) is 5.77. The van der Waals surface area contributed by atoms with Crippen LogP contribution >= 0.6 is 0 Å². The summed E-state index contributed by atoms with van der Waals surface area (Å²) in [6.07, 6.45) is 3.00. The summed E-state index contributed by atoms with van der Waals surface area (Å²) in [7, 11) is 0. The minimum Gasteiger partial charge on any atom is -0.267 e. The Morgan fingerprint density at radius 1 is 1.42 bits per heavy atom. The van der Waals surface area contributed by atoms with E-state index in [2.05, 4.69) is 20.2 Å². The van der Waals surface area contributed by atoms with Crippen LogP contribution in [0.25, 0.3) is 10.9 Å². The Bertz CT molecular complexity index is 476. The van der Waals surface area contributed by atoms with Crippen molar-refractivity contribution in [2.45, 2.75) is 6.92 Å². The molecule has 0 aliphatic rings. The van der Waals surface area contributed by atoms with E-state index in [0.29, 0.717) is 16.7 Å². The summed E-state index contributed by atoms with van der Waals surface area (Å²) in [6, 6.07) is 0. The fraction of sp³-hybridized carbons (Fsp3) is 0.143. The molecule has 0 unspecified atom stereocenters. The van der Waals surface area contributed by atoms with Crippen LogP contribution in [-0.4, -0.2) is 20.2 Å². The minimum atomic E-state index is -0.257. The van der Waals surface area contributed by atoms with E-state index < -0.39 is 0 Å². The number of aromatic amines is 1. The first-order valence-electron chi connectivity index (χ1n) is 3.44. The third-order valence-electron chi connectivity index (χ3n) is 1.54. The molecule has 5 heteroatoms. The van der Waals surface area contributed by atoms with Gasteiger partial charge in [-0.1, -0.05) is 0 Å². The molecule has 0 saturated carbocycles. The quantitative estimate of drug-likeness (QED) is 0.592. The SMILES string of the molecule is Cc1ncc2c(=O)[nH]ncc2n1. The predicted octanol–water partition coefficient (Wildman–Crippen LogP) is 0.0215. The van der Waals surface area contributed by atoms with Crippen LogP contribution in [0.15, 0.2) is 17.2 Å². The van der Waals surface area contributed by atoms with Crippen LogP contribution in [0.1, 0.15) is 5.82 Å². The number of H-pyrrole nitrogens is 1. The highest BCUT2D eigenvalue weighted by atomic mass is 16.1. The van der Waals surface area contributed by atoms with Crippen LogP contribution in [-0.2, 0) is 0 Å². The lowest BCUT2D eigenvalue weighted by atomic mass is 10.3. The van der Waals surface area contributed by atoms with Crippen molar-refractivity contribution in [3.05, 3.63) is 28.6 Å². The van der Waals surface area contributed by atoms with Gasteiger partial charge in [-0.3, -0.25) is 4.79 Å². The molecule has 0 radical (unpaired) electrons. The molecule has 0 amide bonds. The monoisotopic (exact) mass is 162 g/mol. The predicted molar refractivity (Wildman–Crippen MR) is 42.7 cm³/mol. The van der Waals surface area contributed by atoms with Crippen molar-refractivity contribution in [1.82, 2.24) is 20.2 Å². The molecule has 2 aromatic heterocycles. The molecule has 5 nitrogen and oxygen atoms in total. The van der Waals surface area contributed by atoms with Crippen LogP contribution < -0.4 is 5.56 Å². The zero-order valence-corrected chi connectivity index (χ0v) is 6.40. The Labute approximate surface area is 67.5 Å². The van der Waals surface area contributed by atoms with E-state index >= 15 is 0 Å². The molecule has 2 rings (SSSR count).